The van der Waals surface area contributed by atoms with Crippen molar-refractivity contribution in [3.05, 3.63) is 65.5 Å². The standard InChI is InChI=1S/C21H28N4.HI/c1-3-22-20(24-15-19-17(2)9-7-14-23-19)25-16-21(12-8-13-21)18-10-5-4-6-11-18;/h4-7,9-11,14H,3,8,12-13,15-16H2,1-2H3,(H2,22,24,25);1H. The maximum Gasteiger partial charge on any atom is 0.191 e. The van der Waals surface area contributed by atoms with Gasteiger partial charge in [-0.15, -0.1) is 24.0 Å². The van der Waals surface area contributed by atoms with Crippen LogP contribution in [-0.4, -0.2) is 24.0 Å². The van der Waals surface area contributed by atoms with Crippen LogP contribution >= 0.6 is 24.0 Å². The molecule has 0 aliphatic heterocycles. The van der Waals surface area contributed by atoms with Gasteiger partial charge in [-0.05, 0) is 43.9 Å². The molecule has 0 atom stereocenters. The van der Waals surface area contributed by atoms with Crippen molar-refractivity contribution in [3.63, 3.8) is 0 Å². The van der Waals surface area contributed by atoms with E-state index in [-0.39, 0.29) is 29.4 Å². The molecule has 140 valence electrons. The number of aryl methyl sites for hydroxylation is 1. The van der Waals surface area contributed by atoms with Crippen LogP contribution in [0.25, 0.3) is 0 Å². The van der Waals surface area contributed by atoms with E-state index in [1.807, 2.05) is 12.3 Å². The lowest BCUT2D eigenvalue weighted by molar-refractivity contribution is 0.244. The third-order valence-electron chi connectivity index (χ3n) is 5.14. The van der Waals surface area contributed by atoms with Gasteiger partial charge in [-0.2, -0.15) is 0 Å². The summed E-state index contributed by atoms with van der Waals surface area (Å²) in [6, 6.07) is 14.9. The molecule has 2 N–H and O–H groups in total. The van der Waals surface area contributed by atoms with Gasteiger partial charge < -0.3 is 10.6 Å². The molecule has 1 saturated carbocycles. The van der Waals surface area contributed by atoms with E-state index >= 15 is 0 Å². The van der Waals surface area contributed by atoms with Crippen LogP contribution in [0.4, 0.5) is 0 Å². The van der Waals surface area contributed by atoms with Crippen LogP contribution in [0.2, 0.25) is 0 Å². The van der Waals surface area contributed by atoms with Gasteiger partial charge in [0.15, 0.2) is 5.96 Å². The lowest BCUT2D eigenvalue weighted by Crippen LogP contribution is -2.48. The summed E-state index contributed by atoms with van der Waals surface area (Å²) in [5.41, 5.74) is 3.89. The zero-order valence-electron chi connectivity index (χ0n) is 15.7. The molecule has 3 rings (SSSR count). The smallest absolute Gasteiger partial charge is 0.191 e. The van der Waals surface area contributed by atoms with Gasteiger partial charge in [0.2, 0.25) is 0 Å². The molecule has 0 saturated heterocycles. The first kappa shape index (κ1) is 20.7. The second kappa shape index (κ2) is 9.90. The van der Waals surface area contributed by atoms with E-state index in [0.717, 1.165) is 24.7 Å². The van der Waals surface area contributed by atoms with E-state index < -0.39 is 0 Å². The van der Waals surface area contributed by atoms with Crippen LogP contribution in [-0.2, 0) is 12.0 Å². The van der Waals surface area contributed by atoms with E-state index in [1.54, 1.807) is 0 Å². The molecule has 2 aromatic rings. The van der Waals surface area contributed by atoms with Crippen LogP contribution in [0.5, 0.6) is 0 Å². The number of guanidine groups is 1. The molecule has 1 fully saturated rings. The van der Waals surface area contributed by atoms with Gasteiger partial charge in [0.05, 0.1) is 12.2 Å². The molecule has 0 bridgehead atoms. The monoisotopic (exact) mass is 464 g/mol. The highest BCUT2D eigenvalue weighted by molar-refractivity contribution is 14.0. The highest BCUT2D eigenvalue weighted by atomic mass is 127. The Balaban J connectivity index is 0.00000243. The van der Waals surface area contributed by atoms with Gasteiger partial charge in [-0.3, -0.25) is 4.98 Å². The number of nitrogens with zero attached hydrogens (tertiary/aromatic N) is 2. The van der Waals surface area contributed by atoms with Gasteiger partial charge in [0.1, 0.15) is 0 Å². The van der Waals surface area contributed by atoms with Gasteiger partial charge in [0.25, 0.3) is 0 Å². The molecular formula is C21H29IN4. The first-order chi connectivity index (χ1) is 12.2. The number of nitrogens with one attached hydrogen (secondary N) is 2. The summed E-state index contributed by atoms with van der Waals surface area (Å²) in [6.45, 7) is 6.55. The Labute approximate surface area is 173 Å². The Hall–Kier alpha value is -1.63. The van der Waals surface area contributed by atoms with Crippen molar-refractivity contribution in [1.29, 1.82) is 0 Å². The fourth-order valence-corrected chi connectivity index (χ4v) is 3.40. The maximum absolute atomic E-state index is 4.73. The number of hydrogen-bond acceptors (Lipinski definition) is 2. The summed E-state index contributed by atoms with van der Waals surface area (Å²) in [6.07, 6.45) is 5.61. The topological polar surface area (TPSA) is 49.3 Å². The van der Waals surface area contributed by atoms with Crippen molar-refractivity contribution < 1.29 is 0 Å². The van der Waals surface area contributed by atoms with E-state index in [1.165, 1.54) is 30.4 Å². The van der Waals surface area contributed by atoms with E-state index in [2.05, 4.69) is 65.9 Å². The number of aromatic nitrogens is 1. The molecule has 1 aromatic carbocycles. The maximum atomic E-state index is 4.73. The minimum atomic E-state index is 0. The van der Waals surface area contributed by atoms with E-state index in [4.69, 9.17) is 4.99 Å². The van der Waals surface area contributed by atoms with Crippen LogP contribution in [0, 0.1) is 6.92 Å². The number of halogens is 1. The summed E-state index contributed by atoms with van der Waals surface area (Å²) in [4.78, 5) is 9.16. The molecule has 0 radical (unpaired) electrons. The van der Waals surface area contributed by atoms with Gasteiger partial charge in [0, 0.05) is 24.7 Å². The average Bonchev–Trinajstić information content (AvgIpc) is 2.61. The summed E-state index contributed by atoms with van der Waals surface area (Å²) in [5, 5.41) is 6.92. The molecule has 1 aromatic heterocycles. The largest absolute Gasteiger partial charge is 0.357 e. The molecule has 0 unspecified atom stereocenters. The second-order valence-corrected chi connectivity index (χ2v) is 6.82. The van der Waals surface area contributed by atoms with Gasteiger partial charge in [-0.1, -0.05) is 42.8 Å². The third-order valence-corrected chi connectivity index (χ3v) is 5.14. The molecular weight excluding hydrogens is 435 g/mol. The molecule has 26 heavy (non-hydrogen) atoms. The predicted molar refractivity (Wildman–Crippen MR) is 119 cm³/mol. The van der Waals surface area contributed by atoms with Gasteiger partial charge in [-0.25, -0.2) is 4.99 Å². The molecule has 4 nitrogen and oxygen atoms in total. The van der Waals surface area contributed by atoms with Crippen LogP contribution in [0.15, 0.2) is 53.7 Å². The second-order valence-electron chi connectivity index (χ2n) is 6.82. The molecule has 0 spiro atoms. The van der Waals surface area contributed by atoms with Gasteiger partial charge >= 0.3 is 0 Å². The summed E-state index contributed by atoms with van der Waals surface area (Å²) < 4.78 is 0. The van der Waals surface area contributed by atoms with Crippen LogP contribution in [0.1, 0.15) is 43.0 Å². The van der Waals surface area contributed by atoms with Crippen molar-refractivity contribution in [3.8, 4) is 0 Å². The number of aliphatic imine (C=N–C) groups is 1. The van der Waals surface area contributed by atoms with Crippen molar-refractivity contribution >= 4 is 29.9 Å². The molecule has 1 aliphatic carbocycles. The number of rotatable bonds is 6. The molecule has 0 amide bonds. The molecule has 1 aliphatic rings. The number of pyridine rings is 1. The zero-order chi connectivity index (χ0) is 17.5. The highest BCUT2D eigenvalue weighted by Crippen LogP contribution is 2.43. The Morgan fingerprint density at radius 3 is 2.50 bits per heavy atom. The third kappa shape index (κ3) is 4.96. The molecule has 5 heteroatoms. The molecule has 1 heterocycles. The zero-order valence-corrected chi connectivity index (χ0v) is 18.0. The first-order valence-corrected chi connectivity index (χ1v) is 9.22. The van der Waals surface area contributed by atoms with Crippen molar-refractivity contribution in [2.75, 3.05) is 13.1 Å². The van der Waals surface area contributed by atoms with Crippen molar-refractivity contribution in [2.45, 2.75) is 45.1 Å². The minimum Gasteiger partial charge on any atom is -0.357 e. The number of benzene rings is 1. The Kier molecular flexibility index (Phi) is 7.87. The fraction of sp³-hybridized carbons (Fsp3) is 0.429. The van der Waals surface area contributed by atoms with Crippen LogP contribution in [0.3, 0.4) is 0 Å². The minimum absolute atomic E-state index is 0. The van der Waals surface area contributed by atoms with E-state index in [9.17, 15) is 0 Å². The summed E-state index contributed by atoms with van der Waals surface area (Å²) in [5.74, 6) is 0.870. The Morgan fingerprint density at radius 1 is 1.12 bits per heavy atom. The van der Waals surface area contributed by atoms with Crippen molar-refractivity contribution in [1.82, 2.24) is 15.6 Å². The summed E-state index contributed by atoms with van der Waals surface area (Å²) in [7, 11) is 0. The Morgan fingerprint density at radius 2 is 1.88 bits per heavy atom. The lowest BCUT2D eigenvalue weighted by Gasteiger charge is -2.43. The first-order valence-electron chi connectivity index (χ1n) is 9.22. The quantitative estimate of drug-likeness (QED) is 0.383. The Bertz CT molecular complexity index is 711. The normalized spacial score (nSPS) is 15.5. The average molecular weight is 464 g/mol. The predicted octanol–water partition coefficient (Wildman–Crippen LogP) is 4.19. The SMILES string of the molecule is CCNC(=NCc1ncccc1C)NCC1(c2ccccc2)CCC1.I. The highest BCUT2D eigenvalue weighted by Gasteiger charge is 2.38. The lowest BCUT2D eigenvalue weighted by atomic mass is 9.64. The fourth-order valence-electron chi connectivity index (χ4n) is 3.40. The van der Waals surface area contributed by atoms with Crippen molar-refractivity contribution in [2.24, 2.45) is 4.99 Å². The summed E-state index contributed by atoms with van der Waals surface area (Å²) >= 11 is 0. The number of hydrogen-bond donors (Lipinski definition) is 2. The van der Waals surface area contributed by atoms with Crippen LogP contribution < -0.4 is 10.6 Å². The van der Waals surface area contributed by atoms with E-state index in [0.29, 0.717) is 6.54 Å².